The van der Waals surface area contributed by atoms with Crippen LogP contribution in [0.3, 0.4) is 0 Å². The molecule has 0 saturated carbocycles. The molecular weight excluding hydrogens is 342 g/mol. The lowest BCUT2D eigenvalue weighted by molar-refractivity contribution is -0.124. The van der Waals surface area contributed by atoms with Gasteiger partial charge in [0.05, 0.1) is 10.6 Å². The van der Waals surface area contributed by atoms with Crippen LogP contribution in [0.15, 0.2) is 24.3 Å². The quantitative estimate of drug-likeness (QED) is 0.657. The summed E-state index contributed by atoms with van der Waals surface area (Å²) in [7, 11) is 0. The molecule has 1 rings (SSSR count). The van der Waals surface area contributed by atoms with Gasteiger partial charge in [0.1, 0.15) is 6.04 Å². The monoisotopic (exact) mass is 367 g/mol. The third kappa shape index (κ3) is 7.13. The molecule has 0 aliphatic heterocycles. The van der Waals surface area contributed by atoms with Crippen molar-refractivity contribution < 1.29 is 14.4 Å². The van der Waals surface area contributed by atoms with E-state index in [0.717, 1.165) is 0 Å². The predicted octanol–water partition coefficient (Wildman–Crippen LogP) is 2.13. The van der Waals surface area contributed by atoms with Crippen LogP contribution in [0.5, 0.6) is 0 Å². The largest absolute Gasteiger partial charge is 0.354 e. The zero-order valence-corrected chi connectivity index (χ0v) is 15.8. The lowest BCUT2D eigenvalue weighted by Gasteiger charge is -2.22. The van der Waals surface area contributed by atoms with Crippen LogP contribution in [0.25, 0.3) is 0 Å². The van der Waals surface area contributed by atoms with Crippen molar-refractivity contribution in [3.05, 3.63) is 34.9 Å². The van der Waals surface area contributed by atoms with E-state index in [4.69, 9.17) is 11.6 Å². The van der Waals surface area contributed by atoms with Crippen LogP contribution in [0.4, 0.5) is 0 Å². The Labute approximate surface area is 153 Å². The van der Waals surface area contributed by atoms with E-state index in [9.17, 15) is 14.4 Å². The molecule has 0 aliphatic carbocycles. The summed E-state index contributed by atoms with van der Waals surface area (Å²) >= 11 is 6.02. The van der Waals surface area contributed by atoms with Gasteiger partial charge in [-0.25, -0.2) is 0 Å². The van der Waals surface area contributed by atoms with E-state index in [1.54, 1.807) is 24.3 Å². The topological polar surface area (TPSA) is 87.3 Å². The van der Waals surface area contributed by atoms with Crippen LogP contribution in [0.1, 0.15) is 44.5 Å². The first-order chi connectivity index (χ1) is 11.7. The average Bonchev–Trinajstić information content (AvgIpc) is 2.51. The first-order valence-corrected chi connectivity index (χ1v) is 8.72. The number of rotatable bonds is 8. The van der Waals surface area contributed by atoms with Crippen molar-refractivity contribution in [3.63, 3.8) is 0 Å². The summed E-state index contributed by atoms with van der Waals surface area (Å²) < 4.78 is 0. The Bertz CT molecular complexity index is 617. The highest BCUT2D eigenvalue weighted by molar-refractivity contribution is 6.33. The minimum atomic E-state index is -0.711. The fourth-order valence-corrected chi connectivity index (χ4v) is 2.42. The molecule has 0 aromatic heterocycles. The lowest BCUT2D eigenvalue weighted by Crippen LogP contribution is -2.50. The molecule has 0 saturated heterocycles. The Balaban J connectivity index is 2.61. The molecule has 3 N–H and O–H groups in total. The molecule has 0 spiro atoms. The molecule has 0 fully saturated rings. The van der Waals surface area contributed by atoms with Gasteiger partial charge in [-0.2, -0.15) is 0 Å². The third-order valence-corrected chi connectivity index (χ3v) is 3.78. The molecule has 7 heteroatoms. The predicted molar refractivity (Wildman–Crippen MR) is 98.4 cm³/mol. The summed E-state index contributed by atoms with van der Waals surface area (Å²) in [5, 5.41) is 8.48. The normalized spacial score (nSPS) is 12.0. The zero-order chi connectivity index (χ0) is 19.0. The molecule has 0 aliphatic rings. The Kier molecular flexibility index (Phi) is 8.41. The summed E-state index contributed by atoms with van der Waals surface area (Å²) in [6, 6.07) is 6.00. The van der Waals surface area contributed by atoms with Gasteiger partial charge in [-0.05, 0) is 31.9 Å². The lowest BCUT2D eigenvalue weighted by atomic mass is 10.0. The molecule has 1 aromatic carbocycles. The van der Waals surface area contributed by atoms with Gasteiger partial charge in [0.15, 0.2) is 0 Å². The molecule has 0 heterocycles. The maximum Gasteiger partial charge on any atom is 0.253 e. The molecule has 0 unspecified atom stereocenters. The summed E-state index contributed by atoms with van der Waals surface area (Å²) in [5.41, 5.74) is 0.318. The van der Waals surface area contributed by atoms with Crippen molar-refractivity contribution in [3.8, 4) is 0 Å². The number of nitrogens with one attached hydrogen (secondary N) is 3. The number of amides is 3. The molecule has 138 valence electrons. The first-order valence-electron chi connectivity index (χ1n) is 8.34. The van der Waals surface area contributed by atoms with Gasteiger partial charge >= 0.3 is 0 Å². The van der Waals surface area contributed by atoms with E-state index in [1.165, 1.54) is 0 Å². The van der Waals surface area contributed by atoms with Crippen LogP contribution in [0, 0.1) is 5.92 Å². The number of hydrogen-bond acceptors (Lipinski definition) is 3. The molecular formula is C18H26ClN3O3. The van der Waals surface area contributed by atoms with Gasteiger partial charge in [-0.1, -0.05) is 37.6 Å². The third-order valence-electron chi connectivity index (χ3n) is 3.46. The minimum Gasteiger partial charge on any atom is -0.354 e. The molecule has 6 nitrogen and oxygen atoms in total. The maximum atomic E-state index is 12.3. The summed E-state index contributed by atoms with van der Waals surface area (Å²) in [6.45, 7) is 7.62. The van der Waals surface area contributed by atoms with Crippen LogP contribution < -0.4 is 16.0 Å². The van der Waals surface area contributed by atoms with Gasteiger partial charge < -0.3 is 16.0 Å². The number of hydrogen-bond donors (Lipinski definition) is 3. The van der Waals surface area contributed by atoms with Crippen LogP contribution in [0.2, 0.25) is 5.02 Å². The van der Waals surface area contributed by atoms with Gasteiger partial charge in [0.2, 0.25) is 11.8 Å². The van der Waals surface area contributed by atoms with E-state index in [0.29, 0.717) is 10.6 Å². The number of carbonyl (C=O) groups excluding carboxylic acids is 3. The highest BCUT2D eigenvalue weighted by atomic mass is 35.5. The smallest absolute Gasteiger partial charge is 0.253 e. The molecule has 25 heavy (non-hydrogen) atoms. The fourth-order valence-electron chi connectivity index (χ4n) is 2.20. The highest BCUT2D eigenvalue weighted by Gasteiger charge is 2.25. The second-order valence-corrected chi connectivity index (χ2v) is 6.85. The first kappa shape index (κ1) is 21.0. The van der Waals surface area contributed by atoms with E-state index in [1.807, 2.05) is 27.7 Å². The number of halogens is 1. The second-order valence-electron chi connectivity index (χ2n) is 6.44. The van der Waals surface area contributed by atoms with Crippen LogP contribution in [-0.2, 0) is 9.59 Å². The van der Waals surface area contributed by atoms with Gasteiger partial charge in [0, 0.05) is 19.0 Å². The number of benzene rings is 1. The molecule has 0 radical (unpaired) electrons. The van der Waals surface area contributed by atoms with Gasteiger partial charge in [-0.15, -0.1) is 0 Å². The van der Waals surface area contributed by atoms with Crippen LogP contribution in [-0.4, -0.2) is 36.3 Å². The van der Waals surface area contributed by atoms with Crippen molar-refractivity contribution in [1.29, 1.82) is 0 Å². The zero-order valence-electron chi connectivity index (χ0n) is 15.1. The molecule has 1 atom stereocenters. The standard InChI is InChI=1S/C18H26ClN3O3/c1-11(2)16(18(25)20-10-9-15(23)21-12(3)4)22-17(24)13-7-5-6-8-14(13)19/h5-8,11-12,16H,9-10H2,1-4H3,(H,20,25)(H,21,23)(H,22,24)/t16-/m1/s1. The Morgan fingerprint density at radius 2 is 1.68 bits per heavy atom. The minimum absolute atomic E-state index is 0.0570. The summed E-state index contributed by atoms with van der Waals surface area (Å²) in [4.78, 5) is 36.3. The van der Waals surface area contributed by atoms with Crippen molar-refractivity contribution in [2.45, 2.75) is 46.2 Å². The van der Waals surface area contributed by atoms with E-state index < -0.39 is 11.9 Å². The highest BCUT2D eigenvalue weighted by Crippen LogP contribution is 2.15. The van der Waals surface area contributed by atoms with Gasteiger partial charge in [-0.3, -0.25) is 14.4 Å². The Morgan fingerprint density at radius 1 is 1.04 bits per heavy atom. The molecule has 3 amide bonds. The van der Waals surface area contributed by atoms with Gasteiger partial charge in [0.25, 0.3) is 5.91 Å². The SMILES string of the molecule is CC(C)NC(=O)CCNC(=O)[C@H](NC(=O)c1ccccc1Cl)C(C)C. The Morgan fingerprint density at radius 3 is 2.24 bits per heavy atom. The maximum absolute atomic E-state index is 12.3. The Hall–Kier alpha value is -2.08. The van der Waals surface area contributed by atoms with Crippen molar-refractivity contribution in [2.75, 3.05) is 6.54 Å². The second kappa shape index (κ2) is 10.0. The number of carbonyl (C=O) groups is 3. The van der Waals surface area contributed by atoms with E-state index >= 15 is 0 Å². The van der Waals surface area contributed by atoms with Crippen molar-refractivity contribution in [1.82, 2.24) is 16.0 Å². The van der Waals surface area contributed by atoms with E-state index in [2.05, 4.69) is 16.0 Å². The summed E-state index contributed by atoms with van der Waals surface area (Å²) in [6.07, 6.45) is 0.188. The average molecular weight is 368 g/mol. The van der Waals surface area contributed by atoms with Crippen LogP contribution >= 0.6 is 11.6 Å². The summed E-state index contributed by atoms with van der Waals surface area (Å²) in [5.74, 6) is -0.975. The van der Waals surface area contributed by atoms with Crippen molar-refractivity contribution >= 4 is 29.3 Å². The van der Waals surface area contributed by atoms with Crippen molar-refractivity contribution in [2.24, 2.45) is 5.92 Å². The van der Waals surface area contributed by atoms with E-state index in [-0.39, 0.29) is 36.7 Å². The molecule has 1 aromatic rings. The fraction of sp³-hybridized carbons (Fsp3) is 0.500. The molecule has 0 bridgehead atoms.